The van der Waals surface area contributed by atoms with Crippen molar-refractivity contribution < 1.29 is 14.3 Å². The van der Waals surface area contributed by atoms with Crippen LogP contribution in [-0.2, 0) is 4.79 Å². The van der Waals surface area contributed by atoms with Crippen LogP contribution in [0, 0.1) is 0 Å². The van der Waals surface area contributed by atoms with Crippen molar-refractivity contribution >= 4 is 50.5 Å². The van der Waals surface area contributed by atoms with Crippen molar-refractivity contribution in [2.24, 2.45) is 4.99 Å². The Morgan fingerprint density at radius 1 is 1.12 bits per heavy atom. The molecule has 0 bridgehead atoms. The maximum absolute atomic E-state index is 12.3. The zero-order chi connectivity index (χ0) is 17.8. The second-order valence-electron chi connectivity index (χ2n) is 5.02. The number of rotatable bonds is 4. The smallest absolute Gasteiger partial charge is 0.264 e. The lowest BCUT2D eigenvalue weighted by Gasteiger charge is -2.10. The molecule has 0 unspecified atom stereocenters. The van der Waals surface area contributed by atoms with Gasteiger partial charge >= 0.3 is 0 Å². The van der Waals surface area contributed by atoms with Crippen molar-refractivity contribution in [3.05, 3.63) is 57.4 Å². The molecule has 1 heterocycles. The summed E-state index contributed by atoms with van der Waals surface area (Å²) < 4.78 is 11.6. The van der Waals surface area contributed by atoms with Crippen molar-refractivity contribution in [1.82, 2.24) is 5.32 Å². The summed E-state index contributed by atoms with van der Waals surface area (Å²) >= 11 is 4.73. The second kappa shape index (κ2) is 7.76. The standard InChI is InChI=1S/C18H15BrN2O3S/c1-23-14-9-5-6-11(16(14)24-2)10-15-17(22)21-18(25-15)20-13-8-4-3-7-12(13)19/h3-10H,1-2H3,(H,20,21,22)/b15-10-. The fourth-order valence-electron chi connectivity index (χ4n) is 2.30. The van der Waals surface area contributed by atoms with Crippen LogP contribution in [0.15, 0.2) is 56.8 Å². The van der Waals surface area contributed by atoms with E-state index in [1.54, 1.807) is 20.3 Å². The van der Waals surface area contributed by atoms with Crippen LogP contribution in [0.3, 0.4) is 0 Å². The van der Waals surface area contributed by atoms with Crippen LogP contribution in [0.5, 0.6) is 11.5 Å². The van der Waals surface area contributed by atoms with Gasteiger partial charge in [-0.25, -0.2) is 4.99 Å². The summed E-state index contributed by atoms with van der Waals surface area (Å²) in [6, 6.07) is 13.1. The molecular weight excluding hydrogens is 404 g/mol. The molecule has 1 amide bonds. The number of nitrogens with one attached hydrogen (secondary N) is 1. The Morgan fingerprint density at radius 2 is 1.92 bits per heavy atom. The highest BCUT2D eigenvalue weighted by Crippen LogP contribution is 2.35. The average molecular weight is 419 g/mol. The molecule has 1 fully saturated rings. The molecule has 0 aromatic heterocycles. The Labute approximate surface area is 158 Å². The first-order valence-corrected chi connectivity index (χ1v) is 8.98. The minimum Gasteiger partial charge on any atom is -0.493 e. The topological polar surface area (TPSA) is 59.9 Å². The maximum atomic E-state index is 12.3. The molecule has 3 rings (SSSR count). The lowest BCUT2D eigenvalue weighted by molar-refractivity contribution is -0.115. The zero-order valence-corrected chi connectivity index (χ0v) is 16.0. The monoisotopic (exact) mass is 418 g/mol. The molecular formula is C18H15BrN2O3S. The number of amides is 1. The number of para-hydroxylation sites is 2. The summed E-state index contributed by atoms with van der Waals surface area (Å²) in [5, 5.41) is 3.31. The third-order valence-electron chi connectivity index (χ3n) is 3.45. The van der Waals surface area contributed by atoms with Gasteiger partial charge in [0.1, 0.15) is 0 Å². The van der Waals surface area contributed by atoms with E-state index in [9.17, 15) is 4.79 Å². The third kappa shape index (κ3) is 3.88. The van der Waals surface area contributed by atoms with E-state index in [0.717, 1.165) is 15.7 Å². The van der Waals surface area contributed by atoms with Gasteiger partial charge in [-0.15, -0.1) is 0 Å². The highest BCUT2D eigenvalue weighted by molar-refractivity contribution is 9.10. The molecule has 128 valence electrons. The molecule has 25 heavy (non-hydrogen) atoms. The highest BCUT2D eigenvalue weighted by atomic mass is 79.9. The van der Waals surface area contributed by atoms with Crippen LogP contribution in [0.1, 0.15) is 5.56 Å². The van der Waals surface area contributed by atoms with Crippen molar-refractivity contribution in [2.75, 3.05) is 14.2 Å². The van der Waals surface area contributed by atoms with E-state index in [1.165, 1.54) is 11.8 Å². The Bertz CT molecular complexity index is 880. The quantitative estimate of drug-likeness (QED) is 0.749. The van der Waals surface area contributed by atoms with E-state index >= 15 is 0 Å². The fraction of sp³-hybridized carbons (Fsp3) is 0.111. The van der Waals surface area contributed by atoms with Gasteiger partial charge in [-0.2, -0.15) is 0 Å². The fourth-order valence-corrected chi connectivity index (χ4v) is 3.50. The largest absolute Gasteiger partial charge is 0.493 e. The number of carbonyl (C=O) groups is 1. The number of aliphatic imine (C=N–C) groups is 1. The van der Waals surface area contributed by atoms with E-state index in [1.807, 2.05) is 42.5 Å². The van der Waals surface area contributed by atoms with Crippen LogP contribution in [0.25, 0.3) is 6.08 Å². The third-order valence-corrected chi connectivity index (χ3v) is 5.03. The Kier molecular flexibility index (Phi) is 5.45. The molecule has 0 spiro atoms. The summed E-state index contributed by atoms with van der Waals surface area (Å²) in [5.74, 6) is 1.00. The molecule has 2 aromatic rings. The second-order valence-corrected chi connectivity index (χ2v) is 6.90. The number of methoxy groups -OCH3 is 2. The first kappa shape index (κ1) is 17.6. The lowest BCUT2D eigenvalue weighted by atomic mass is 10.1. The number of halogens is 1. The summed E-state index contributed by atoms with van der Waals surface area (Å²) in [6.07, 6.45) is 1.77. The zero-order valence-electron chi connectivity index (χ0n) is 13.6. The van der Waals surface area contributed by atoms with Crippen LogP contribution in [0.4, 0.5) is 5.69 Å². The molecule has 1 N–H and O–H groups in total. The van der Waals surface area contributed by atoms with Crippen LogP contribution in [-0.4, -0.2) is 25.3 Å². The lowest BCUT2D eigenvalue weighted by Crippen LogP contribution is -2.19. The molecule has 1 aliphatic heterocycles. The molecule has 0 radical (unpaired) electrons. The van der Waals surface area contributed by atoms with Gasteiger partial charge in [0, 0.05) is 10.0 Å². The number of thioether (sulfide) groups is 1. The van der Waals surface area contributed by atoms with Gasteiger partial charge in [0.25, 0.3) is 5.91 Å². The molecule has 0 saturated carbocycles. The summed E-state index contributed by atoms with van der Waals surface area (Å²) in [7, 11) is 3.15. The Hall–Kier alpha value is -2.25. The number of carbonyl (C=O) groups excluding carboxylic acids is 1. The minimum atomic E-state index is -0.194. The van der Waals surface area contributed by atoms with E-state index in [0.29, 0.717) is 21.6 Å². The summed E-state index contributed by atoms with van der Waals surface area (Å²) in [4.78, 5) is 17.3. The maximum Gasteiger partial charge on any atom is 0.264 e. The van der Waals surface area contributed by atoms with Gasteiger partial charge in [-0.3, -0.25) is 4.79 Å². The van der Waals surface area contributed by atoms with Crippen molar-refractivity contribution in [3.8, 4) is 11.5 Å². The molecule has 5 nitrogen and oxygen atoms in total. The van der Waals surface area contributed by atoms with Gasteiger partial charge in [0.2, 0.25) is 0 Å². The number of benzene rings is 2. The first-order chi connectivity index (χ1) is 12.1. The SMILES string of the molecule is COc1cccc(/C=C2\SC(=Nc3ccccc3Br)NC2=O)c1OC. The van der Waals surface area contributed by atoms with Gasteiger partial charge in [0.05, 0.1) is 24.8 Å². The van der Waals surface area contributed by atoms with Crippen molar-refractivity contribution in [1.29, 1.82) is 0 Å². The van der Waals surface area contributed by atoms with E-state index in [-0.39, 0.29) is 5.91 Å². The number of hydrogen-bond acceptors (Lipinski definition) is 5. The number of ether oxygens (including phenoxy) is 2. The molecule has 0 aliphatic carbocycles. The van der Waals surface area contributed by atoms with Crippen LogP contribution in [0.2, 0.25) is 0 Å². The van der Waals surface area contributed by atoms with Crippen molar-refractivity contribution in [3.63, 3.8) is 0 Å². The predicted molar refractivity (Wildman–Crippen MR) is 104 cm³/mol. The number of hydrogen-bond donors (Lipinski definition) is 1. The highest BCUT2D eigenvalue weighted by Gasteiger charge is 2.24. The van der Waals surface area contributed by atoms with Gasteiger partial charge in [-0.05, 0) is 52.0 Å². The Morgan fingerprint density at radius 3 is 2.64 bits per heavy atom. The first-order valence-electron chi connectivity index (χ1n) is 7.37. The summed E-state index contributed by atoms with van der Waals surface area (Å²) in [5.41, 5.74) is 1.52. The van der Waals surface area contributed by atoms with Crippen LogP contribution >= 0.6 is 27.7 Å². The number of amidine groups is 1. The average Bonchev–Trinajstić information content (AvgIpc) is 2.96. The van der Waals surface area contributed by atoms with Gasteiger partial charge < -0.3 is 14.8 Å². The molecule has 0 atom stereocenters. The minimum absolute atomic E-state index is 0.194. The van der Waals surface area contributed by atoms with E-state index in [2.05, 4.69) is 26.2 Å². The van der Waals surface area contributed by atoms with Crippen molar-refractivity contribution in [2.45, 2.75) is 0 Å². The molecule has 7 heteroatoms. The van der Waals surface area contributed by atoms with E-state index < -0.39 is 0 Å². The predicted octanol–water partition coefficient (Wildman–Crippen LogP) is 4.36. The molecule has 1 aliphatic rings. The molecule has 1 saturated heterocycles. The molecule has 2 aromatic carbocycles. The Balaban J connectivity index is 1.91. The normalized spacial score (nSPS) is 17.0. The van der Waals surface area contributed by atoms with Crippen LogP contribution < -0.4 is 14.8 Å². The van der Waals surface area contributed by atoms with E-state index in [4.69, 9.17) is 9.47 Å². The van der Waals surface area contributed by atoms with Gasteiger partial charge in [0.15, 0.2) is 16.7 Å². The van der Waals surface area contributed by atoms with Gasteiger partial charge in [-0.1, -0.05) is 24.3 Å². The summed E-state index contributed by atoms with van der Waals surface area (Å²) in [6.45, 7) is 0. The number of nitrogens with zero attached hydrogens (tertiary/aromatic N) is 1.